The molecule has 1 heterocycles. The second-order valence-electron chi connectivity index (χ2n) is 3.48. The van der Waals surface area contributed by atoms with Crippen LogP contribution in [-0.2, 0) is 9.84 Å². The van der Waals surface area contributed by atoms with Crippen LogP contribution in [0.1, 0.15) is 19.0 Å². The summed E-state index contributed by atoms with van der Waals surface area (Å²) < 4.78 is 22.5. The van der Waals surface area contributed by atoms with Gasteiger partial charge < -0.3 is 5.32 Å². The fourth-order valence-corrected chi connectivity index (χ4v) is 1.81. The topological polar surface area (TPSA) is 59.1 Å². The average Bonchev–Trinajstić information content (AvgIpc) is 2.14. The number of hydrogen-bond donors (Lipinski definition) is 1. The summed E-state index contributed by atoms with van der Waals surface area (Å²) in [5.41, 5.74) is 1.61. The van der Waals surface area contributed by atoms with Crippen molar-refractivity contribution in [3.63, 3.8) is 0 Å². The summed E-state index contributed by atoms with van der Waals surface area (Å²) in [5, 5.41) is 3.31. The molecule has 0 unspecified atom stereocenters. The fraction of sp³-hybridized carbons (Fsp3) is 0.500. The SMILES string of the molecule is CCCNc1ccc(S(C)(=O)=O)nc1C. The van der Waals surface area contributed by atoms with Crippen LogP contribution >= 0.6 is 0 Å². The van der Waals surface area contributed by atoms with Gasteiger partial charge >= 0.3 is 0 Å². The predicted octanol–water partition coefficient (Wildman–Crippen LogP) is 1.62. The number of aromatic nitrogens is 1. The third-order valence-corrected chi connectivity index (χ3v) is 2.99. The highest BCUT2D eigenvalue weighted by atomic mass is 32.2. The van der Waals surface area contributed by atoms with Gasteiger partial charge in [0.1, 0.15) is 0 Å². The smallest absolute Gasteiger partial charge is 0.192 e. The summed E-state index contributed by atoms with van der Waals surface area (Å²) in [4.78, 5) is 4.05. The van der Waals surface area contributed by atoms with Gasteiger partial charge in [-0.05, 0) is 25.5 Å². The lowest BCUT2D eigenvalue weighted by atomic mass is 10.3. The van der Waals surface area contributed by atoms with E-state index in [1.807, 2.05) is 0 Å². The van der Waals surface area contributed by atoms with Crippen molar-refractivity contribution in [2.75, 3.05) is 18.1 Å². The minimum absolute atomic E-state index is 0.127. The maximum absolute atomic E-state index is 11.2. The Morgan fingerprint density at radius 1 is 1.40 bits per heavy atom. The number of pyridine rings is 1. The Morgan fingerprint density at radius 3 is 2.53 bits per heavy atom. The van der Waals surface area contributed by atoms with Crippen molar-refractivity contribution < 1.29 is 8.42 Å². The molecule has 1 rings (SSSR count). The zero-order valence-corrected chi connectivity index (χ0v) is 10.1. The lowest BCUT2D eigenvalue weighted by molar-refractivity contribution is 0.598. The Kier molecular flexibility index (Phi) is 3.68. The van der Waals surface area contributed by atoms with Gasteiger partial charge in [-0.15, -0.1) is 0 Å². The standard InChI is InChI=1S/C10H16N2O2S/c1-4-7-11-9-5-6-10(12-8(9)2)15(3,13)14/h5-6,11H,4,7H2,1-3H3. The van der Waals surface area contributed by atoms with Crippen LogP contribution in [0.2, 0.25) is 0 Å². The fourth-order valence-electron chi connectivity index (χ4n) is 1.19. The van der Waals surface area contributed by atoms with Crippen LogP contribution in [0.4, 0.5) is 5.69 Å². The molecule has 0 spiro atoms. The van der Waals surface area contributed by atoms with Crippen LogP contribution in [0.15, 0.2) is 17.2 Å². The highest BCUT2D eigenvalue weighted by Gasteiger charge is 2.10. The predicted molar refractivity (Wildman–Crippen MR) is 60.9 cm³/mol. The van der Waals surface area contributed by atoms with E-state index in [0.717, 1.165) is 24.9 Å². The number of nitrogens with one attached hydrogen (secondary N) is 1. The van der Waals surface area contributed by atoms with E-state index in [1.165, 1.54) is 6.07 Å². The molecule has 0 amide bonds. The molecule has 1 N–H and O–H groups in total. The first-order valence-corrected chi connectivity index (χ1v) is 6.76. The number of hydrogen-bond acceptors (Lipinski definition) is 4. The Labute approximate surface area is 90.7 Å². The molecular formula is C10H16N2O2S. The number of aryl methyl sites for hydroxylation is 1. The van der Waals surface area contributed by atoms with Gasteiger partial charge in [0.2, 0.25) is 0 Å². The van der Waals surface area contributed by atoms with E-state index in [-0.39, 0.29) is 5.03 Å². The molecule has 0 bridgehead atoms. The van der Waals surface area contributed by atoms with E-state index < -0.39 is 9.84 Å². The summed E-state index contributed by atoms with van der Waals surface area (Å²) in [6.07, 6.45) is 2.18. The molecular weight excluding hydrogens is 212 g/mol. The normalized spacial score (nSPS) is 11.4. The van der Waals surface area contributed by atoms with Gasteiger partial charge in [-0.2, -0.15) is 0 Å². The van der Waals surface area contributed by atoms with Crippen molar-refractivity contribution in [1.29, 1.82) is 0 Å². The van der Waals surface area contributed by atoms with Crippen LogP contribution in [0.25, 0.3) is 0 Å². The van der Waals surface area contributed by atoms with Crippen molar-refractivity contribution in [1.82, 2.24) is 4.98 Å². The number of sulfone groups is 1. The molecule has 0 aromatic carbocycles. The zero-order chi connectivity index (χ0) is 11.5. The molecule has 1 aromatic rings. The van der Waals surface area contributed by atoms with Crippen LogP contribution in [0.5, 0.6) is 0 Å². The number of anilines is 1. The quantitative estimate of drug-likeness (QED) is 0.850. The molecule has 0 aliphatic carbocycles. The van der Waals surface area contributed by atoms with Gasteiger partial charge in [-0.3, -0.25) is 0 Å². The average molecular weight is 228 g/mol. The molecule has 15 heavy (non-hydrogen) atoms. The molecule has 4 nitrogen and oxygen atoms in total. The molecule has 1 aromatic heterocycles. The van der Waals surface area contributed by atoms with E-state index >= 15 is 0 Å². The minimum Gasteiger partial charge on any atom is -0.384 e. The molecule has 5 heteroatoms. The zero-order valence-electron chi connectivity index (χ0n) is 9.24. The lowest BCUT2D eigenvalue weighted by Gasteiger charge is -2.08. The van der Waals surface area contributed by atoms with E-state index in [0.29, 0.717) is 5.69 Å². The van der Waals surface area contributed by atoms with Gasteiger partial charge in [-0.25, -0.2) is 13.4 Å². The molecule has 84 valence electrons. The number of nitrogens with zero attached hydrogens (tertiary/aromatic N) is 1. The molecule has 0 fully saturated rings. The van der Waals surface area contributed by atoms with E-state index in [1.54, 1.807) is 13.0 Å². The summed E-state index contributed by atoms with van der Waals surface area (Å²) in [6.45, 7) is 4.73. The van der Waals surface area contributed by atoms with Crippen molar-refractivity contribution >= 4 is 15.5 Å². The Morgan fingerprint density at radius 2 is 2.07 bits per heavy atom. The van der Waals surface area contributed by atoms with Crippen molar-refractivity contribution in [3.05, 3.63) is 17.8 Å². The van der Waals surface area contributed by atoms with Gasteiger partial charge in [-0.1, -0.05) is 6.92 Å². The third kappa shape index (κ3) is 3.20. The van der Waals surface area contributed by atoms with Gasteiger partial charge in [0.15, 0.2) is 14.9 Å². The summed E-state index contributed by atoms with van der Waals surface area (Å²) in [6, 6.07) is 3.29. The Hall–Kier alpha value is -1.10. The first-order chi connectivity index (χ1) is 6.95. The maximum atomic E-state index is 11.2. The van der Waals surface area contributed by atoms with Gasteiger partial charge in [0, 0.05) is 12.8 Å². The first-order valence-electron chi connectivity index (χ1n) is 4.86. The van der Waals surface area contributed by atoms with Crippen molar-refractivity contribution in [3.8, 4) is 0 Å². The highest BCUT2D eigenvalue weighted by Crippen LogP contribution is 2.15. The number of rotatable bonds is 4. The van der Waals surface area contributed by atoms with E-state index in [2.05, 4.69) is 17.2 Å². The highest BCUT2D eigenvalue weighted by molar-refractivity contribution is 7.90. The third-order valence-electron chi connectivity index (χ3n) is 2.01. The van der Waals surface area contributed by atoms with Crippen LogP contribution in [0, 0.1) is 6.92 Å². The van der Waals surface area contributed by atoms with Gasteiger partial charge in [0.25, 0.3) is 0 Å². The summed E-state index contributed by atoms with van der Waals surface area (Å²) >= 11 is 0. The monoisotopic (exact) mass is 228 g/mol. The molecule has 0 atom stereocenters. The van der Waals surface area contributed by atoms with Crippen LogP contribution < -0.4 is 5.32 Å². The molecule has 0 saturated carbocycles. The Balaban J connectivity index is 2.99. The van der Waals surface area contributed by atoms with Crippen LogP contribution in [0.3, 0.4) is 0 Å². The van der Waals surface area contributed by atoms with Gasteiger partial charge in [0.05, 0.1) is 11.4 Å². The summed E-state index contributed by atoms with van der Waals surface area (Å²) in [5.74, 6) is 0. The Bertz CT molecular complexity index is 441. The summed E-state index contributed by atoms with van der Waals surface area (Å²) in [7, 11) is -3.20. The lowest BCUT2D eigenvalue weighted by Crippen LogP contribution is -2.06. The molecule has 0 saturated heterocycles. The largest absolute Gasteiger partial charge is 0.384 e. The maximum Gasteiger partial charge on any atom is 0.192 e. The first kappa shape index (κ1) is 12.0. The second kappa shape index (κ2) is 4.61. The van der Waals surface area contributed by atoms with E-state index in [9.17, 15) is 8.42 Å². The molecule has 0 aliphatic rings. The molecule has 0 radical (unpaired) electrons. The molecule has 0 aliphatic heterocycles. The van der Waals surface area contributed by atoms with Crippen molar-refractivity contribution in [2.45, 2.75) is 25.3 Å². The van der Waals surface area contributed by atoms with E-state index in [4.69, 9.17) is 0 Å². The van der Waals surface area contributed by atoms with Crippen LogP contribution in [-0.4, -0.2) is 26.2 Å². The second-order valence-corrected chi connectivity index (χ2v) is 5.44. The van der Waals surface area contributed by atoms with Crippen molar-refractivity contribution in [2.24, 2.45) is 0 Å². The minimum atomic E-state index is -3.20.